The summed E-state index contributed by atoms with van der Waals surface area (Å²) in [5.41, 5.74) is 0.691. The molecular weight excluding hydrogens is 425 g/mol. The van der Waals surface area contributed by atoms with Crippen molar-refractivity contribution in [2.45, 2.75) is 45.1 Å². The van der Waals surface area contributed by atoms with E-state index in [1.54, 1.807) is 12.1 Å². The van der Waals surface area contributed by atoms with Crippen molar-refractivity contribution < 1.29 is 23.2 Å². The quantitative estimate of drug-likeness (QED) is 0.469. The minimum atomic E-state index is -0.313. The molecule has 174 valence electrons. The molecule has 0 spiro atoms. The van der Waals surface area contributed by atoms with E-state index in [1.807, 2.05) is 36.1 Å². The van der Waals surface area contributed by atoms with Crippen LogP contribution in [0, 0.1) is 5.82 Å². The second-order valence-electron chi connectivity index (χ2n) is 7.95. The largest absolute Gasteiger partial charge is 0.490 e. The van der Waals surface area contributed by atoms with E-state index < -0.39 is 0 Å². The molecule has 0 saturated carbocycles. The van der Waals surface area contributed by atoms with Gasteiger partial charge in [0.15, 0.2) is 11.5 Å². The molecule has 2 heterocycles. The van der Waals surface area contributed by atoms with Crippen LogP contribution in [0.25, 0.3) is 11.4 Å². The number of rotatable bonds is 9. The molecule has 1 aromatic heterocycles. The second-order valence-corrected chi connectivity index (χ2v) is 7.95. The fourth-order valence-electron chi connectivity index (χ4n) is 3.85. The Morgan fingerprint density at radius 2 is 1.85 bits per heavy atom. The third kappa shape index (κ3) is 6.09. The summed E-state index contributed by atoms with van der Waals surface area (Å²) < 4.78 is 30.1. The van der Waals surface area contributed by atoms with E-state index in [0.29, 0.717) is 56.2 Å². The first-order valence-electron chi connectivity index (χ1n) is 11.4. The molecule has 0 bridgehead atoms. The van der Waals surface area contributed by atoms with Gasteiger partial charge in [0.25, 0.3) is 0 Å². The number of benzene rings is 2. The standard InChI is InChI=1S/C25H28FN3O4/c1-2-31-21-6-3-4-7-22(21)32-20-14-16-29(17-15-20)24(30)9-5-8-23-27-25(28-33-23)18-10-12-19(26)13-11-18/h3-4,6-7,10-13,20H,2,5,8-9,14-17H2,1H3. The number of aryl methyl sites for hydroxylation is 1. The molecule has 4 rings (SSSR count). The fourth-order valence-corrected chi connectivity index (χ4v) is 3.85. The van der Waals surface area contributed by atoms with Gasteiger partial charge in [-0.1, -0.05) is 17.3 Å². The van der Waals surface area contributed by atoms with Crippen molar-refractivity contribution in [1.82, 2.24) is 15.0 Å². The number of halogens is 1. The molecule has 1 aliphatic heterocycles. The van der Waals surface area contributed by atoms with Crippen LogP contribution in [0.4, 0.5) is 4.39 Å². The second kappa shape index (κ2) is 10.9. The molecule has 0 radical (unpaired) electrons. The maximum atomic E-state index is 13.1. The first kappa shape index (κ1) is 22.8. The van der Waals surface area contributed by atoms with Crippen LogP contribution in [-0.4, -0.2) is 46.7 Å². The molecule has 7 nitrogen and oxygen atoms in total. The summed E-state index contributed by atoms with van der Waals surface area (Å²) in [6, 6.07) is 13.6. The summed E-state index contributed by atoms with van der Waals surface area (Å²) >= 11 is 0. The number of ether oxygens (including phenoxy) is 2. The molecule has 3 aromatic rings. The third-order valence-corrected chi connectivity index (χ3v) is 5.59. The number of amides is 1. The van der Waals surface area contributed by atoms with Gasteiger partial charge in [0.2, 0.25) is 17.6 Å². The molecule has 1 saturated heterocycles. The van der Waals surface area contributed by atoms with Crippen LogP contribution in [-0.2, 0) is 11.2 Å². The van der Waals surface area contributed by atoms with Gasteiger partial charge in [0.1, 0.15) is 11.9 Å². The molecular formula is C25H28FN3O4. The Morgan fingerprint density at radius 1 is 1.12 bits per heavy atom. The van der Waals surface area contributed by atoms with Crippen molar-refractivity contribution >= 4 is 5.91 Å². The van der Waals surface area contributed by atoms with Crippen molar-refractivity contribution in [2.24, 2.45) is 0 Å². The Balaban J connectivity index is 1.20. The lowest BCUT2D eigenvalue weighted by Gasteiger charge is -2.32. The lowest BCUT2D eigenvalue weighted by atomic mass is 10.1. The molecule has 1 aliphatic rings. The van der Waals surface area contributed by atoms with E-state index in [4.69, 9.17) is 14.0 Å². The van der Waals surface area contributed by atoms with Gasteiger partial charge in [-0.3, -0.25) is 4.79 Å². The summed E-state index contributed by atoms with van der Waals surface area (Å²) in [6.07, 6.45) is 3.22. The molecule has 1 amide bonds. The monoisotopic (exact) mass is 453 g/mol. The van der Waals surface area contributed by atoms with Crippen molar-refractivity contribution in [3.8, 4) is 22.9 Å². The van der Waals surface area contributed by atoms with Crippen molar-refractivity contribution in [1.29, 1.82) is 0 Å². The number of carbonyl (C=O) groups is 1. The van der Waals surface area contributed by atoms with E-state index >= 15 is 0 Å². The number of hydrogen-bond donors (Lipinski definition) is 0. The van der Waals surface area contributed by atoms with Crippen molar-refractivity contribution in [3.05, 3.63) is 60.2 Å². The maximum absolute atomic E-state index is 13.1. The summed E-state index contributed by atoms with van der Waals surface area (Å²) in [5.74, 6) is 2.21. The normalized spacial score (nSPS) is 14.3. The smallest absolute Gasteiger partial charge is 0.226 e. The van der Waals surface area contributed by atoms with Gasteiger partial charge in [0, 0.05) is 44.3 Å². The molecule has 0 unspecified atom stereocenters. The van der Waals surface area contributed by atoms with Crippen LogP contribution in [0.5, 0.6) is 11.5 Å². The highest BCUT2D eigenvalue weighted by atomic mass is 19.1. The van der Waals surface area contributed by atoms with Crippen LogP contribution >= 0.6 is 0 Å². The number of nitrogens with zero attached hydrogens (tertiary/aromatic N) is 3. The van der Waals surface area contributed by atoms with Crippen molar-refractivity contribution in [2.75, 3.05) is 19.7 Å². The van der Waals surface area contributed by atoms with E-state index in [-0.39, 0.29) is 17.8 Å². The highest BCUT2D eigenvalue weighted by molar-refractivity contribution is 5.76. The Morgan fingerprint density at radius 3 is 2.58 bits per heavy atom. The predicted molar refractivity (Wildman–Crippen MR) is 120 cm³/mol. The van der Waals surface area contributed by atoms with Gasteiger partial charge in [0.05, 0.1) is 6.61 Å². The molecule has 1 fully saturated rings. The molecule has 8 heteroatoms. The van der Waals surface area contributed by atoms with Crippen LogP contribution in [0.1, 0.15) is 38.5 Å². The minimum Gasteiger partial charge on any atom is -0.490 e. The zero-order chi connectivity index (χ0) is 23.0. The van der Waals surface area contributed by atoms with E-state index in [9.17, 15) is 9.18 Å². The number of aromatic nitrogens is 2. The van der Waals surface area contributed by atoms with Gasteiger partial charge in [-0.25, -0.2) is 4.39 Å². The first-order valence-corrected chi connectivity index (χ1v) is 11.4. The number of piperidine rings is 1. The number of para-hydroxylation sites is 2. The Bertz CT molecular complexity index is 1050. The lowest BCUT2D eigenvalue weighted by Crippen LogP contribution is -2.41. The molecule has 0 atom stereocenters. The van der Waals surface area contributed by atoms with Crippen molar-refractivity contribution in [3.63, 3.8) is 0 Å². The summed E-state index contributed by atoms with van der Waals surface area (Å²) in [6.45, 7) is 3.89. The SMILES string of the molecule is CCOc1ccccc1OC1CCN(C(=O)CCCc2nc(-c3ccc(F)cc3)no2)CC1. The van der Waals surface area contributed by atoms with Gasteiger partial charge >= 0.3 is 0 Å². The Kier molecular flexibility index (Phi) is 7.55. The summed E-state index contributed by atoms with van der Waals surface area (Å²) in [7, 11) is 0. The van der Waals surface area contributed by atoms with Crippen LogP contribution in [0.3, 0.4) is 0 Å². The van der Waals surface area contributed by atoms with Crippen LogP contribution < -0.4 is 9.47 Å². The highest BCUT2D eigenvalue weighted by Crippen LogP contribution is 2.29. The molecule has 2 aromatic carbocycles. The maximum Gasteiger partial charge on any atom is 0.226 e. The molecule has 0 aliphatic carbocycles. The minimum absolute atomic E-state index is 0.0685. The third-order valence-electron chi connectivity index (χ3n) is 5.59. The lowest BCUT2D eigenvalue weighted by molar-refractivity contribution is -0.133. The van der Waals surface area contributed by atoms with Crippen LogP contribution in [0.2, 0.25) is 0 Å². The van der Waals surface area contributed by atoms with E-state index in [2.05, 4.69) is 10.1 Å². The summed E-state index contributed by atoms with van der Waals surface area (Å²) in [5, 5.41) is 3.94. The summed E-state index contributed by atoms with van der Waals surface area (Å²) in [4.78, 5) is 18.8. The van der Waals surface area contributed by atoms with Gasteiger partial charge in [-0.15, -0.1) is 0 Å². The Labute approximate surface area is 192 Å². The zero-order valence-corrected chi connectivity index (χ0v) is 18.7. The average Bonchev–Trinajstić information content (AvgIpc) is 3.30. The number of likely N-dealkylation sites (tertiary alicyclic amines) is 1. The number of carbonyl (C=O) groups excluding carboxylic acids is 1. The van der Waals surface area contributed by atoms with Gasteiger partial charge in [-0.2, -0.15) is 4.98 Å². The zero-order valence-electron chi connectivity index (χ0n) is 18.7. The Hall–Kier alpha value is -3.42. The van der Waals surface area contributed by atoms with E-state index in [1.165, 1.54) is 12.1 Å². The van der Waals surface area contributed by atoms with Gasteiger partial charge < -0.3 is 18.9 Å². The number of hydrogen-bond acceptors (Lipinski definition) is 6. The topological polar surface area (TPSA) is 77.7 Å². The molecule has 0 N–H and O–H groups in total. The van der Waals surface area contributed by atoms with Crippen LogP contribution in [0.15, 0.2) is 53.1 Å². The molecule has 33 heavy (non-hydrogen) atoms. The first-order chi connectivity index (χ1) is 16.1. The fraction of sp³-hybridized carbons (Fsp3) is 0.400. The average molecular weight is 454 g/mol. The predicted octanol–water partition coefficient (Wildman–Crippen LogP) is 4.67. The highest BCUT2D eigenvalue weighted by Gasteiger charge is 2.24. The van der Waals surface area contributed by atoms with E-state index in [0.717, 1.165) is 24.3 Å². The van der Waals surface area contributed by atoms with Gasteiger partial charge in [-0.05, 0) is 49.7 Å².